The molecule has 0 spiro atoms. The molecule has 0 bridgehead atoms. The van der Waals surface area contributed by atoms with Crippen molar-refractivity contribution in [3.8, 4) is 0 Å². The Morgan fingerprint density at radius 3 is 2.54 bits per heavy atom. The van der Waals surface area contributed by atoms with Crippen LogP contribution in [0.2, 0.25) is 10.0 Å². The minimum Gasteiger partial charge on any atom is -0.464 e. The Kier molecular flexibility index (Phi) is 5.69. The number of nitrogens with one attached hydrogen (secondary N) is 1. The molecular formula is C15H16Cl2N4O3. The number of urea groups is 1. The van der Waals surface area contributed by atoms with E-state index in [0.29, 0.717) is 15.6 Å². The summed E-state index contributed by atoms with van der Waals surface area (Å²) in [6.07, 6.45) is 0. The van der Waals surface area contributed by atoms with E-state index in [2.05, 4.69) is 15.2 Å². The average Bonchev–Trinajstić information content (AvgIpc) is 2.90. The molecule has 1 heterocycles. The summed E-state index contributed by atoms with van der Waals surface area (Å²) in [5, 5.41) is 7.61. The number of hydrogen-bond acceptors (Lipinski definition) is 4. The van der Waals surface area contributed by atoms with E-state index in [1.54, 1.807) is 32.3 Å². The molecule has 0 atom stereocenters. The number of amides is 2. The zero-order valence-corrected chi connectivity index (χ0v) is 14.9. The lowest BCUT2D eigenvalue weighted by atomic mass is 10.2. The van der Waals surface area contributed by atoms with Crippen LogP contribution in [-0.2, 0) is 18.3 Å². The third kappa shape index (κ3) is 3.98. The maximum Gasteiger partial charge on any atom is 0.356 e. The van der Waals surface area contributed by atoms with E-state index < -0.39 is 12.0 Å². The van der Waals surface area contributed by atoms with Gasteiger partial charge in [0.1, 0.15) is 5.69 Å². The molecule has 0 aliphatic rings. The smallest absolute Gasteiger partial charge is 0.356 e. The van der Waals surface area contributed by atoms with Crippen LogP contribution in [0.5, 0.6) is 0 Å². The number of ether oxygens (including phenoxy) is 1. The number of anilines is 1. The van der Waals surface area contributed by atoms with Crippen LogP contribution in [0, 0.1) is 0 Å². The minimum absolute atomic E-state index is 0.223. The predicted octanol–water partition coefficient (Wildman–Crippen LogP) is 3.18. The average molecular weight is 371 g/mol. The Morgan fingerprint density at radius 1 is 1.33 bits per heavy atom. The summed E-state index contributed by atoms with van der Waals surface area (Å²) in [6.45, 7) is 0.223. The van der Waals surface area contributed by atoms with Gasteiger partial charge >= 0.3 is 12.0 Å². The fourth-order valence-corrected chi connectivity index (χ4v) is 2.54. The third-order valence-electron chi connectivity index (χ3n) is 3.31. The van der Waals surface area contributed by atoms with Crippen molar-refractivity contribution in [3.05, 3.63) is 45.6 Å². The quantitative estimate of drug-likeness (QED) is 0.838. The first kappa shape index (κ1) is 18.1. The highest BCUT2D eigenvalue weighted by Gasteiger charge is 2.17. The Bertz CT molecular complexity index is 756. The zero-order valence-electron chi connectivity index (χ0n) is 13.3. The van der Waals surface area contributed by atoms with E-state index in [0.717, 1.165) is 0 Å². The third-order valence-corrected chi connectivity index (χ3v) is 4.02. The maximum atomic E-state index is 12.3. The predicted molar refractivity (Wildman–Crippen MR) is 91.5 cm³/mol. The number of rotatable bonds is 4. The van der Waals surface area contributed by atoms with Gasteiger partial charge in [-0.25, -0.2) is 9.59 Å². The van der Waals surface area contributed by atoms with E-state index in [9.17, 15) is 9.59 Å². The van der Waals surface area contributed by atoms with E-state index in [-0.39, 0.29) is 18.1 Å². The van der Waals surface area contributed by atoms with Crippen molar-refractivity contribution in [3.63, 3.8) is 0 Å². The number of nitrogens with zero attached hydrogens (tertiary/aromatic N) is 3. The van der Waals surface area contributed by atoms with Gasteiger partial charge < -0.3 is 9.64 Å². The largest absolute Gasteiger partial charge is 0.464 e. The minimum atomic E-state index is -0.540. The van der Waals surface area contributed by atoms with E-state index >= 15 is 0 Å². The van der Waals surface area contributed by atoms with Crippen LogP contribution in [0.25, 0.3) is 0 Å². The van der Waals surface area contributed by atoms with Gasteiger partial charge in [-0.05, 0) is 12.1 Å². The summed E-state index contributed by atoms with van der Waals surface area (Å²) >= 11 is 12.2. The summed E-state index contributed by atoms with van der Waals surface area (Å²) in [5.41, 5.74) is 0.874. The van der Waals surface area contributed by atoms with Crippen molar-refractivity contribution in [2.45, 2.75) is 6.54 Å². The molecule has 2 aromatic rings. The lowest BCUT2D eigenvalue weighted by Gasteiger charge is -2.18. The molecule has 7 nitrogen and oxygen atoms in total. The summed E-state index contributed by atoms with van der Waals surface area (Å²) < 4.78 is 5.96. The molecule has 1 aromatic heterocycles. The second-order valence-corrected chi connectivity index (χ2v) is 5.83. The van der Waals surface area contributed by atoms with Crippen molar-refractivity contribution in [1.82, 2.24) is 14.7 Å². The molecule has 0 saturated carbocycles. The standard InChI is InChI=1S/C15H16Cl2N4O3/c1-20(8-9-10(16)5-4-6-11(9)17)15(23)18-13-7-12(14(22)24-3)21(2)19-13/h4-7H,8H2,1-3H3,(H,18,19,23). The molecule has 9 heteroatoms. The summed E-state index contributed by atoms with van der Waals surface area (Å²) in [6, 6.07) is 6.16. The molecule has 0 fully saturated rings. The lowest BCUT2D eigenvalue weighted by Crippen LogP contribution is -2.31. The van der Waals surface area contributed by atoms with Gasteiger partial charge in [0, 0.05) is 35.8 Å². The highest BCUT2D eigenvalue weighted by molar-refractivity contribution is 6.36. The van der Waals surface area contributed by atoms with Gasteiger partial charge in [0.05, 0.1) is 13.7 Å². The molecule has 0 aliphatic carbocycles. The molecule has 0 radical (unpaired) electrons. The molecule has 24 heavy (non-hydrogen) atoms. The molecule has 1 N–H and O–H groups in total. The molecule has 2 rings (SSSR count). The molecular weight excluding hydrogens is 355 g/mol. The first-order chi connectivity index (χ1) is 11.3. The number of aromatic nitrogens is 2. The van der Waals surface area contributed by atoms with Crippen LogP contribution < -0.4 is 5.32 Å². The number of benzene rings is 1. The van der Waals surface area contributed by atoms with Gasteiger partial charge in [-0.15, -0.1) is 0 Å². The van der Waals surface area contributed by atoms with Crippen LogP contribution in [0.15, 0.2) is 24.3 Å². The number of hydrogen-bond donors (Lipinski definition) is 1. The van der Waals surface area contributed by atoms with E-state index in [1.807, 2.05) is 0 Å². The van der Waals surface area contributed by atoms with Crippen molar-refractivity contribution >= 4 is 41.0 Å². The summed E-state index contributed by atoms with van der Waals surface area (Å²) in [4.78, 5) is 25.2. The van der Waals surface area contributed by atoms with Crippen molar-refractivity contribution < 1.29 is 14.3 Å². The number of carbonyl (C=O) groups is 2. The summed E-state index contributed by atoms with van der Waals surface area (Å²) in [5.74, 6) is -0.304. The molecule has 0 saturated heterocycles. The fraction of sp³-hybridized carbons (Fsp3) is 0.267. The maximum absolute atomic E-state index is 12.3. The number of methoxy groups -OCH3 is 1. The fourth-order valence-electron chi connectivity index (χ4n) is 2.02. The molecule has 0 unspecified atom stereocenters. The number of halogens is 2. The van der Waals surface area contributed by atoms with Crippen LogP contribution in [-0.4, -0.2) is 40.8 Å². The molecule has 2 amide bonds. The first-order valence-electron chi connectivity index (χ1n) is 6.90. The molecule has 1 aromatic carbocycles. The topological polar surface area (TPSA) is 76.5 Å². The second kappa shape index (κ2) is 7.55. The zero-order chi connectivity index (χ0) is 17.9. The van der Waals surface area contributed by atoms with Crippen molar-refractivity contribution in [2.75, 3.05) is 19.5 Å². The van der Waals surface area contributed by atoms with Gasteiger partial charge in [-0.3, -0.25) is 10.00 Å². The Hall–Kier alpha value is -2.25. The second-order valence-electron chi connectivity index (χ2n) is 5.02. The van der Waals surface area contributed by atoms with Crippen LogP contribution >= 0.6 is 23.2 Å². The molecule has 0 aliphatic heterocycles. The van der Waals surface area contributed by atoms with Crippen molar-refractivity contribution in [1.29, 1.82) is 0 Å². The van der Waals surface area contributed by atoms with E-state index in [4.69, 9.17) is 23.2 Å². The van der Waals surface area contributed by atoms with Gasteiger partial charge in [0.25, 0.3) is 0 Å². The number of aryl methyl sites for hydroxylation is 1. The lowest BCUT2D eigenvalue weighted by molar-refractivity contribution is 0.0588. The van der Waals surface area contributed by atoms with Gasteiger partial charge in [-0.2, -0.15) is 5.10 Å². The first-order valence-corrected chi connectivity index (χ1v) is 7.66. The Balaban J connectivity index is 2.08. The number of esters is 1. The SMILES string of the molecule is COC(=O)c1cc(NC(=O)N(C)Cc2c(Cl)cccc2Cl)nn1C. The van der Waals surface area contributed by atoms with Gasteiger partial charge in [-0.1, -0.05) is 29.3 Å². The monoisotopic (exact) mass is 370 g/mol. The van der Waals surface area contributed by atoms with Gasteiger partial charge in [0.2, 0.25) is 0 Å². The van der Waals surface area contributed by atoms with Crippen LogP contribution in [0.4, 0.5) is 10.6 Å². The van der Waals surface area contributed by atoms with Crippen LogP contribution in [0.3, 0.4) is 0 Å². The number of carbonyl (C=O) groups excluding carboxylic acids is 2. The Labute approximate surface area is 149 Å². The molecule has 128 valence electrons. The Morgan fingerprint density at radius 2 is 1.96 bits per heavy atom. The highest BCUT2D eigenvalue weighted by atomic mass is 35.5. The summed E-state index contributed by atoms with van der Waals surface area (Å²) in [7, 11) is 4.45. The normalized spacial score (nSPS) is 10.4. The van der Waals surface area contributed by atoms with Crippen LogP contribution in [0.1, 0.15) is 16.1 Å². The van der Waals surface area contributed by atoms with Gasteiger partial charge in [0.15, 0.2) is 5.82 Å². The van der Waals surface area contributed by atoms with Crippen molar-refractivity contribution in [2.24, 2.45) is 7.05 Å². The van der Waals surface area contributed by atoms with E-state index in [1.165, 1.54) is 22.8 Å². The highest BCUT2D eigenvalue weighted by Crippen LogP contribution is 2.25.